The van der Waals surface area contributed by atoms with Crippen molar-refractivity contribution in [3.63, 3.8) is 0 Å². The largest absolute Gasteiger partial charge is 0.493 e. The van der Waals surface area contributed by atoms with Crippen molar-refractivity contribution in [2.45, 2.75) is 13.0 Å². The number of carbonyl (C=O) groups excluding carboxylic acids is 1. The molecule has 1 N–H and O–H groups in total. The predicted octanol–water partition coefficient (Wildman–Crippen LogP) is 4.35. The fourth-order valence-electron chi connectivity index (χ4n) is 2.62. The number of thiophene rings is 1. The average molecular weight is 367 g/mol. The predicted molar refractivity (Wildman–Crippen MR) is 104 cm³/mol. The SMILES string of the molecule is COc1ccccc1OCC(=O)N[C@@H](c1ccc(C)cc1)c1cccs1. The van der Waals surface area contributed by atoms with Gasteiger partial charge in [0, 0.05) is 4.88 Å². The van der Waals surface area contributed by atoms with Gasteiger partial charge >= 0.3 is 0 Å². The van der Waals surface area contributed by atoms with Crippen LogP contribution in [0.3, 0.4) is 0 Å². The van der Waals surface area contributed by atoms with Crippen LogP contribution in [0, 0.1) is 6.92 Å². The maximum atomic E-state index is 12.5. The van der Waals surface area contributed by atoms with Crippen LogP contribution in [0.5, 0.6) is 11.5 Å². The molecule has 0 radical (unpaired) electrons. The molecule has 2 aromatic carbocycles. The number of hydrogen-bond donors (Lipinski definition) is 1. The van der Waals surface area contributed by atoms with Crippen LogP contribution in [0.4, 0.5) is 0 Å². The fraction of sp³-hybridized carbons (Fsp3) is 0.190. The molecule has 134 valence electrons. The van der Waals surface area contributed by atoms with Crippen molar-refractivity contribution in [3.05, 3.63) is 82.0 Å². The molecular weight excluding hydrogens is 346 g/mol. The number of methoxy groups -OCH3 is 1. The zero-order valence-corrected chi connectivity index (χ0v) is 15.6. The van der Waals surface area contributed by atoms with E-state index in [1.165, 1.54) is 5.56 Å². The summed E-state index contributed by atoms with van der Waals surface area (Å²) in [4.78, 5) is 13.6. The Bertz CT molecular complexity index is 844. The maximum Gasteiger partial charge on any atom is 0.258 e. The van der Waals surface area contributed by atoms with Gasteiger partial charge in [-0.15, -0.1) is 11.3 Å². The zero-order chi connectivity index (χ0) is 18.4. The van der Waals surface area contributed by atoms with E-state index in [0.29, 0.717) is 11.5 Å². The summed E-state index contributed by atoms with van der Waals surface area (Å²) in [5.41, 5.74) is 2.23. The highest BCUT2D eigenvalue weighted by atomic mass is 32.1. The molecule has 0 aliphatic carbocycles. The van der Waals surface area contributed by atoms with Crippen LogP contribution in [-0.4, -0.2) is 19.6 Å². The first-order chi connectivity index (χ1) is 12.7. The standard InChI is InChI=1S/C21H21NO3S/c1-15-9-11-16(12-10-15)21(19-8-5-13-26-19)22-20(23)14-25-18-7-4-3-6-17(18)24-2/h3-13,21H,14H2,1-2H3,(H,22,23)/t21-/m0/s1. The van der Waals surface area contributed by atoms with Crippen LogP contribution in [0.2, 0.25) is 0 Å². The van der Waals surface area contributed by atoms with Crippen LogP contribution < -0.4 is 14.8 Å². The minimum atomic E-state index is -0.190. The van der Waals surface area contributed by atoms with E-state index < -0.39 is 0 Å². The van der Waals surface area contributed by atoms with Crippen LogP contribution in [0.25, 0.3) is 0 Å². The number of nitrogens with one attached hydrogen (secondary N) is 1. The number of amides is 1. The highest BCUT2D eigenvalue weighted by molar-refractivity contribution is 7.10. The number of aryl methyl sites for hydroxylation is 1. The van der Waals surface area contributed by atoms with Gasteiger partial charge in [-0.25, -0.2) is 0 Å². The molecule has 0 aliphatic rings. The Morgan fingerprint density at radius 2 is 1.77 bits per heavy atom. The molecule has 3 rings (SSSR count). The molecule has 0 unspecified atom stereocenters. The number of carbonyl (C=O) groups is 1. The quantitative estimate of drug-likeness (QED) is 0.675. The number of rotatable bonds is 7. The molecule has 4 nitrogen and oxygen atoms in total. The zero-order valence-electron chi connectivity index (χ0n) is 14.8. The van der Waals surface area contributed by atoms with E-state index in [0.717, 1.165) is 10.4 Å². The summed E-state index contributed by atoms with van der Waals surface area (Å²) < 4.78 is 10.9. The van der Waals surface area contributed by atoms with Gasteiger partial charge in [-0.1, -0.05) is 48.0 Å². The van der Waals surface area contributed by atoms with Gasteiger partial charge in [0.05, 0.1) is 13.2 Å². The molecule has 5 heteroatoms. The Morgan fingerprint density at radius 3 is 2.42 bits per heavy atom. The lowest BCUT2D eigenvalue weighted by Crippen LogP contribution is -2.33. The molecule has 1 aromatic heterocycles. The Kier molecular flexibility index (Phi) is 5.92. The van der Waals surface area contributed by atoms with Gasteiger partial charge in [0.15, 0.2) is 18.1 Å². The highest BCUT2D eigenvalue weighted by Crippen LogP contribution is 2.27. The van der Waals surface area contributed by atoms with E-state index in [1.807, 2.05) is 60.8 Å². The third-order valence-corrected chi connectivity index (χ3v) is 4.91. The molecule has 0 bridgehead atoms. The van der Waals surface area contributed by atoms with Crippen molar-refractivity contribution in [3.8, 4) is 11.5 Å². The van der Waals surface area contributed by atoms with Crippen molar-refractivity contribution in [1.29, 1.82) is 0 Å². The van der Waals surface area contributed by atoms with E-state index in [9.17, 15) is 4.79 Å². The van der Waals surface area contributed by atoms with Gasteiger partial charge in [0.2, 0.25) is 0 Å². The summed E-state index contributed by atoms with van der Waals surface area (Å²) in [6, 6.07) is 19.3. The second-order valence-corrected chi connectivity index (χ2v) is 6.85. The maximum absolute atomic E-state index is 12.5. The van der Waals surface area contributed by atoms with Crippen LogP contribution >= 0.6 is 11.3 Å². The molecule has 0 saturated heterocycles. The third-order valence-electron chi connectivity index (χ3n) is 3.97. The average Bonchev–Trinajstić information content (AvgIpc) is 3.20. The van der Waals surface area contributed by atoms with Gasteiger partial charge < -0.3 is 14.8 Å². The summed E-state index contributed by atoms with van der Waals surface area (Å²) in [6.07, 6.45) is 0. The van der Waals surface area contributed by atoms with Gasteiger partial charge in [-0.3, -0.25) is 4.79 Å². The molecule has 1 amide bonds. The summed E-state index contributed by atoms with van der Waals surface area (Å²) >= 11 is 1.62. The molecule has 0 aliphatic heterocycles. The van der Waals surface area contributed by atoms with Crippen LogP contribution in [0.1, 0.15) is 22.0 Å². The number of para-hydroxylation sites is 2. The molecule has 3 aromatic rings. The lowest BCUT2D eigenvalue weighted by atomic mass is 10.0. The third kappa shape index (κ3) is 4.43. The van der Waals surface area contributed by atoms with E-state index in [-0.39, 0.29) is 18.6 Å². The van der Waals surface area contributed by atoms with E-state index in [2.05, 4.69) is 5.32 Å². The smallest absolute Gasteiger partial charge is 0.258 e. The molecule has 0 saturated carbocycles. The minimum Gasteiger partial charge on any atom is -0.493 e. The monoisotopic (exact) mass is 367 g/mol. The molecule has 1 heterocycles. The van der Waals surface area contributed by atoms with Crippen molar-refractivity contribution >= 4 is 17.2 Å². The normalized spacial score (nSPS) is 11.6. The number of ether oxygens (including phenoxy) is 2. The first-order valence-electron chi connectivity index (χ1n) is 8.32. The Hall–Kier alpha value is -2.79. The van der Waals surface area contributed by atoms with E-state index in [1.54, 1.807) is 30.6 Å². The van der Waals surface area contributed by atoms with Crippen molar-refractivity contribution in [2.75, 3.05) is 13.7 Å². The number of hydrogen-bond acceptors (Lipinski definition) is 4. The van der Waals surface area contributed by atoms with Gasteiger partial charge in [0.25, 0.3) is 5.91 Å². The summed E-state index contributed by atoms with van der Waals surface area (Å²) in [5.74, 6) is 0.969. The summed E-state index contributed by atoms with van der Waals surface area (Å²) in [6.45, 7) is 1.97. The van der Waals surface area contributed by atoms with Gasteiger partial charge in [0.1, 0.15) is 0 Å². The van der Waals surface area contributed by atoms with Crippen molar-refractivity contribution in [2.24, 2.45) is 0 Å². The van der Waals surface area contributed by atoms with Crippen molar-refractivity contribution in [1.82, 2.24) is 5.32 Å². The molecule has 1 atom stereocenters. The lowest BCUT2D eigenvalue weighted by Gasteiger charge is -2.19. The Balaban J connectivity index is 1.70. The van der Waals surface area contributed by atoms with E-state index in [4.69, 9.17) is 9.47 Å². The molecular formula is C21H21NO3S. The van der Waals surface area contributed by atoms with E-state index >= 15 is 0 Å². The Morgan fingerprint density at radius 1 is 1.04 bits per heavy atom. The second-order valence-electron chi connectivity index (χ2n) is 5.87. The molecule has 0 fully saturated rings. The first-order valence-corrected chi connectivity index (χ1v) is 9.20. The fourth-order valence-corrected chi connectivity index (χ4v) is 3.42. The van der Waals surface area contributed by atoms with Crippen LogP contribution in [-0.2, 0) is 4.79 Å². The van der Waals surface area contributed by atoms with Gasteiger partial charge in [-0.05, 0) is 36.1 Å². The van der Waals surface area contributed by atoms with Gasteiger partial charge in [-0.2, -0.15) is 0 Å². The van der Waals surface area contributed by atoms with Crippen molar-refractivity contribution < 1.29 is 14.3 Å². The summed E-state index contributed by atoms with van der Waals surface area (Å²) in [5, 5.41) is 5.08. The Labute approximate surface area is 157 Å². The first kappa shape index (κ1) is 18.0. The topological polar surface area (TPSA) is 47.6 Å². The highest BCUT2D eigenvalue weighted by Gasteiger charge is 2.18. The summed E-state index contributed by atoms with van der Waals surface area (Å²) in [7, 11) is 1.58. The van der Waals surface area contributed by atoms with Crippen LogP contribution in [0.15, 0.2) is 66.0 Å². The molecule has 0 spiro atoms. The minimum absolute atomic E-state index is 0.0753. The number of benzene rings is 2. The molecule has 26 heavy (non-hydrogen) atoms. The lowest BCUT2D eigenvalue weighted by molar-refractivity contribution is -0.123. The second kappa shape index (κ2) is 8.54.